The highest BCUT2D eigenvalue weighted by Gasteiger charge is 2.59. The first-order valence-electron chi connectivity index (χ1n) is 12.1. The summed E-state index contributed by atoms with van der Waals surface area (Å²) >= 11 is 0. The largest absolute Gasteiger partial charge is 0.385 e. The molecule has 2 aliphatic carbocycles. The molecule has 3 heteroatoms. The van der Waals surface area contributed by atoms with E-state index in [4.69, 9.17) is 9.47 Å². The highest BCUT2D eigenvalue weighted by molar-refractivity contribution is 5.16. The van der Waals surface area contributed by atoms with Crippen molar-refractivity contribution >= 4 is 0 Å². The van der Waals surface area contributed by atoms with Crippen LogP contribution in [0.15, 0.2) is 12.7 Å². The van der Waals surface area contributed by atoms with Gasteiger partial charge in [-0.05, 0) is 81.5 Å². The highest BCUT2D eigenvalue weighted by atomic mass is 16.7. The van der Waals surface area contributed by atoms with Crippen LogP contribution in [-0.2, 0) is 9.47 Å². The standard InChI is InChI=1S/C26H48O3/c1-8-10-13-21-16-18-25(6)22(14-15-23(25)26(21,27)9-2)20(3)12-11-17-24(4,5)29-19-28-7/h9,20-23,27H,2,8,10-19H2,1,3-7H3/t20-,21-,22-,23-,25-,26?/m1/s1. The molecule has 0 bridgehead atoms. The molecule has 2 saturated carbocycles. The zero-order chi connectivity index (χ0) is 21.7. The molecule has 0 saturated heterocycles. The fourth-order valence-corrected chi connectivity index (χ4v) is 6.80. The van der Waals surface area contributed by atoms with Crippen LogP contribution < -0.4 is 0 Å². The molecule has 2 fully saturated rings. The Hall–Kier alpha value is -0.380. The summed E-state index contributed by atoms with van der Waals surface area (Å²) in [7, 11) is 1.68. The second-order valence-electron chi connectivity index (χ2n) is 10.9. The number of unbranched alkanes of at least 4 members (excludes halogenated alkanes) is 1. The Morgan fingerprint density at radius 2 is 1.97 bits per heavy atom. The molecule has 29 heavy (non-hydrogen) atoms. The van der Waals surface area contributed by atoms with Gasteiger partial charge in [-0.15, -0.1) is 6.58 Å². The number of aliphatic hydroxyl groups is 1. The van der Waals surface area contributed by atoms with Crippen molar-refractivity contribution in [3.63, 3.8) is 0 Å². The molecule has 1 unspecified atom stereocenters. The lowest BCUT2D eigenvalue weighted by Crippen LogP contribution is -2.54. The smallest absolute Gasteiger partial charge is 0.147 e. The van der Waals surface area contributed by atoms with E-state index in [0.29, 0.717) is 30.5 Å². The van der Waals surface area contributed by atoms with E-state index < -0.39 is 5.60 Å². The van der Waals surface area contributed by atoms with Gasteiger partial charge in [-0.2, -0.15) is 0 Å². The van der Waals surface area contributed by atoms with Crippen LogP contribution in [-0.4, -0.2) is 30.2 Å². The van der Waals surface area contributed by atoms with Crippen LogP contribution >= 0.6 is 0 Å². The second kappa shape index (κ2) is 10.3. The highest BCUT2D eigenvalue weighted by Crippen LogP contribution is 2.63. The monoisotopic (exact) mass is 408 g/mol. The van der Waals surface area contributed by atoms with E-state index in [1.54, 1.807) is 7.11 Å². The number of methoxy groups -OCH3 is 1. The number of fused-ring (bicyclic) bond motifs is 1. The first-order chi connectivity index (χ1) is 13.6. The molecule has 0 heterocycles. The molecule has 0 aromatic carbocycles. The molecule has 0 spiro atoms. The summed E-state index contributed by atoms with van der Waals surface area (Å²) in [5.41, 5.74) is -0.558. The molecule has 2 aliphatic rings. The van der Waals surface area contributed by atoms with Crippen molar-refractivity contribution < 1.29 is 14.6 Å². The summed E-state index contributed by atoms with van der Waals surface area (Å²) in [5, 5.41) is 11.7. The Morgan fingerprint density at radius 3 is 2.59 bits per heavy atom. The third kappa shape index (κ3) is 5.46. The topological polar surface area (TPSA) is 38.7 Å². The van der Waals surface area contributed by atoms with Gasteiger partial charge in [0.2, 0.25) is 0 Å². The Kier molecular flexibility index (Phi) is 8.83. The van der Waals surface area contributed by atoms with Crippen LogP contribution in [0.3, 0.4) is 0 Å². The third-order valence-corrected chi connectivity index (χ3v) is 8.58. The Bertz CT molecular complexity index is 516. The van der Waals surface area contributed by atoms with Crippen molar-refractivity contribution in [3.8, 4) is 0 Å². The normalized spacial score (nSPS) is 36.0. The van der Waals surface area contributed by atoms with Crippen molar-refractivity contribution in [3.05, 3.63) is 12.7 Å². The van der Waals surface area contributed by atoms with E-state index in [1.165, 1.54) is 38.5 Å². The molecular weight excluding hydrogens is 360 g/mol. The molecule has 0 aliphatic heterocycles. The Balaban J connectivity index is 1.99. The average molecular weight is 409 g/mol. The van der Waals surface area contributed by atoms with Crippen molar-refractivity contribution in [1.82, 2.24) is 0 Å². The van der Waals surface area contributed by atoms with Crippen molar-refractivity contribution in [1.29, 1.82) is 0 Å². The molecule has 3 nitrogen and oxygen atoms in total. The van der Waals surface area contributed by atoms with Crippen molar-refractivity contribution in [2.24, 2.45) is 29.1 Å². The molecule has 0 aromatic heterocycles. The third-order valence-electron chi connectivity index (χ3n) is 8.58. The first-order valence-corrected chi connectivity index (χ1v) is 12.1. The maximum Gasteiger partial charge on any atom is 0.147 e. The van der Waals surface area contributed by atoms with Gasteiger partial charge in [-0.1, -0.05) is 52.5 Å². The lowest BCUT2D eigenvalue weighted by Gasteiger charge is -2.53. The van der Waals surface area contributed by atoms with E-state index >= 15 is 0 Å². The predicted octanol–water partition coefficient (Wildman–Crippen LogP) is 6.74. The first kappa shape index (κ1) is 24.9. The van der Waals surface area contributed by atoms with E-state index in [-0.39, 0.29) is 11.0 Å². The van der Waals surface area contributed by atoms with Gasteiger partial charge in [0.05, 0.1) is 11.2 Å². The van der Waals surface area contributed by atoms with Gasteiger partial charge in [0.25, 0.3) is 0 Å². The van der Waals surface area contributed by atoms with Crippen LogP contribution in [0.2, 0.25) is 0 Å². The summed E-state index contributed by atoms with van der Waals surface area (Å²) in [6, 6.07) is 0. The zero-order valence-corrected chi connectivity index (χ0v) is 20.1. The summed E-state index contributed by atoms with van der Waals surface area (Å²) < 4.78 is 10.9. The van der Waals surface area contributed by atoms with Gasteiger partial charge in [0.1, 0.15) is 6.79 Å². The van der Waals surface area contributed by atoms with Crippen LogP contribution in [0.4, 0.5) is 0 Å². The van der Waals surface area contributed by atoms with Gasteiger partial charge in [0, 0.05) is 7.11 Å². The van der Waals surface area contributed by atoms with Crippen molar-refractivity contribution in [2.45, 2.75) is 110 Å². The number of rotatable bonds is 12. The van der Waals surface area contributed by atoms with Crippen LogP contribution in [0.25, 0.3) is 0 Å². The fourth-order valence-electron chi connectivity index (χ4n) is 6.80. The molecule has 6 atom stereocenters. The molecule has 0 radical (unpaired) electrons. The minimum atomic E-state index is -0.674. The predicted molar refractivity (Wildman–Crippen MR) is 122 cm³/mol. The molecule has 0 aromatic rings. The minimum absolute atomic E-state index is 0.127. The number of hydrogen-bond acceptors (Lipinski definition) is 3. The van der Waals surface area contributed by atoms with Gasteiger partial charge >= 0.3 is 0 Å². The lowest BCUT2D eigenvalue weighted by molar-refractivity contribution is -0.121. The average Bonchev–Trinajstić information content (AvgIpc) is 3.04. The van der Waals surface area contributed by atoms with Gasteiger partial charge in [0.15, 0.2) is 0 Å². The maximum absolute atomic E-state index is 11.7. The Morgan fingerprint density at radius 1 is 1.24 bits per heavy atom. The number of ether oxygens (including phenoxy) is 2. The van der Waals surface area contributed by atoms with Gasteiger partial charge in [-0.3, -0.25) is 0 Å². The van der Waals surface area contributed by atoms with Crippen LogP contribution in [0, 0.1) is 29.1 Å². The van der Waals surface area contributed by atoms with Gasteiger partial charge in [-0.25, -0.2) is 0 Å². The lowest BCUT2D eigenvalue weighted by atomic mass is 9.54. The van der Waals surface area contributed by atoms with Crippen LogP contribution in [0.5, 0.6) is 0 Å². The van der Waals surface area contributed by atoms with E-state index in [0.717, 1.165) is 25.7 Å². The molecular formula is C26H48O3. The molecule has 1 N–H and O–H groups in total. The van der Waals surface area contributed by atoms with Crippen LogP contribution in [0.1, 0.15) is 98.8 Å². The van der Waals surface area contributed by atoms with E-state index in [9.17, 15) is 5.11 Å². The SMILES string of the molecule is C=CC1(O)[C@H](CCCC)CC[C@]2(C)[C@@H]([C@H](C)CCCC(C)(C)OCOC)CC[C@@H]12. The summed E-state index contributed by atoms with van der Waals surface area (Å²) in [6.07, 6.45) is 13.8. The summed E-state index contributed by atoms with van der Waals surface area (Å²) in [5.74, 6) is 2.15. The number of hydrogen-bond donors (Lipinski definition) is 1. The second-order valence-corrected chi connectivity index (χ2v) is 10.9. The quantitative estimate of drug-likeness (QED) is 0.287. The van der Waals surface area contributed by atoms with Gasteiger partial charge < -0.3 is 14.6 Å². The molecule has 2 rings (SSSR count). The van der Waals surface area contributed by atoms with Crippen molar-refractivity contribution in [2.75, 3.05) is 13.9 Å². The zero-order valence-electron chi connectivity index (χ0n) is 20.1. The fraction of sp³-hybridized carbons (Fsp3) is 0.923. The maximum atomic E-state index is 11.7. The Labute approximate surface area is 180 Å². The molecule has 0 amide bonds. The molecule has 170 valence electrons. The minimum Gasteiger partial charge on any atom is -0.385 e. The summed E-state index contributed by atoms with van der Waals surface area (Å²) in [4.78, 5) is 0. The van der Waals surface area contributed by atoms with E-state index in [2.05, 4.69) is 41.2 Å². The summed E-state index contributed by atoms with van der Waals surface area (Å²) in [6.45, 7) is 15.9. The van der Waals surface area contributed by atoms with E-state index in [1.807, 2.05) is 6.08 Å².